The molecule has 10 heteroatoms. The summed E-state index contributed by atoms with van der Waals surface area (Å²) in [6.45, 7) is 6.14. The van der Waals surface area contributed by atoms with Crippen molar-refractivity contribution >= 4 is 59.8 Å². The van der Waals surface area contributed by atoms with E-state index in [1.54, 1.807) is 6.07 Å². The molecule has 0 saturated heterocycles. The molecule has 0 aliphatic carbocycles. The predicted molar refractivity (Wildman–Crippen MR) is 126 cm³/mol. The number of hydrogen-bond donors (Lipinski definition) is 3. The number of hydrogen-bond acceptors (Lipinski definition) is 7. The van der Waals surface area contributed by atoms with E-state index < -0.39 is 10.1 Å². The Labute approximate surface area is 190 Å². The zero-order valence-electron chi connectivity index (χ0n) is 17.2. The molecule has 164 valence electrons. The van der Waals surface area contributed by atoms with Gasteiger partial charge in [0.2, 0.25) is 5.13 Å². The molecule has 2 aromatic carbocycles. The molecule has 0 fully saturated rings. The first-order valence-electron chi connectivity index (χ1n) is 10.1. The standard InChI is InChI=1S/C21H23ClN4O3S2/c1-21(2)7-9-26-8-3-4-13-18(26)14(21)11-16(19(13)31(27,28)29)24-25-20-23-15-6-5-12(22)10-17(15)30-20/h5-6,10-11,24H,3-4,7-9H2,1-2H3,(H,23,25)(H,27,28,29). The first-order valence-corrected chi connectivity index (χ1v) is 12.8. The van der Waals surface area contributed by atoms with Crippen molar-refractivity contribution in [2.45, 2.75) is 43.4 Å². The van der Waals surface area contributed by atoms with Gasteiger partial charge in [-0.25, -0.2) is 4.98 Å². The van der Waals surface area contributed by atoms with Crippen LogP contribution in [0.4, 0.5) is 16.5 Å². The fraction of sp³-hybridized carbons (Fsp3) is 0.381. The predicted octanol–water partition coefficient (Wildman–Crippen LogP) is 5.07. The lowest BCUT2D eigenvalue weighted by molar-refractivity contribution is 0.442. The van der Waals surface area contributed by atoms with Crippen LogP contribution in [0.25, 0.3) is 10.2 Å². The maximum atomic E-state index is 12.4. The Bertz CT molecular complexity index is 1300. The lowest BCUT2D eigenvalue weighted by Gasteiger charge is -2.44. The van der Waals surface area contributed by atoms with Gasteiger partial charge in [0.05, 0.1) is 15.9 Å². The average molecular weight is 479 g/mol. The van der Waals surface area contributed by atoms with Crippen molar-refractivity contribution in [2.75, 3.05) is 28.8 Å². The maximum absolute atomic E-state index is 12.4. The van der Waals surface area contributed by atoms with Crippen molar-refractivity contribution in [1.29, 1.82) is 0 Å². The summed E-state index contributed by atoms with van der Waals surface area (Å²) in [4.78, 5) is 6.71. The molecule has 3 N–H and O–H groups in total. The number of halogens is 1. The smallest absolute Gasteiger partial charge is 0.297 e. The molecule has 5 rings (SSSR count). The Balaban J connectivity index is 1.60. The van der Waals surface area contributed by atoms with Gasteiger partial charge in [-0.2, -0.15) is 8.42 Å². The molecule has 3 heterocycles. The van der Waals surface area contributed by atoms with Crippen LogP contribution in [-0.2, 0) is 22.0 Å². The Morgan fingerprint density at radius 1 is 1.23 bits per heavy atom. The van der Waals surface area contributed by atoms with Gasteiger partial charge < -0.3 is 4.90 Å². The van der Waals surface area contributed by atoms with E-state index in [4.69, 9.17) is 11.6 Å². The van der Waals surface area contributed by atoms with Crippen LogP contribution in [0, 0.1) is 0 Å². The summed E-state index contributed by atoms with van der Waals surface area (Å²) in [6.07, 6.45) is 2.44. The van der Waals surface area contributed by atoms with Crippen molar-refractivity contribution in [2.24, 2.45) is 0 Å². The van der Waals surface area contributed by atoms with Gasteiger partial charge in [-0.1, -0.05) is 36.8 Å². The van der Waals surface area contributed by atoms with E-state index in [2.05, 4.69) is 34.6 Å². The van der Waals surface area contributed by atoms with E-state index >= 15 is 0 Å². The highest BCUT2D eigenvalue weighted by Crippen LogP contribution is 2.48. The molecular formula is C21H23ClN4O3S2. The second-order valence-electron chi connectivity index (χ2n) is 8.71. The van der Waals surface area contributed by atoms with Gasteiger partial charge in [0, 0.05) is 23.8 Å². The van der Waals surface area contributed by atoms with Gasteiger partial charge in [-0.05, 0) is 60.1 Å². The first-order chi connectivity index (χ1) is 14.6. The fourth-order valence-electron chi connectivity index (χ4n) is 4.61. The van der Waals surface area contributed by atoms with Crippen LogP contribution in [0.1, 0.15) is 37.8 Å². The highest BCUT2D eigenvalue weighted by molar-refractivity contribution is 7.86. The van der Waals surface area contributed by atoms with E-state index in [-0.39, 0.29) is 10.3 Å². The molecule has 0 saturated carbocycles. The van der Waals surface area contributed by atoms with Crippen LogP contribution in [0.15, 0.2) is 29.2 Å². The first kappa shape index (κ1) is 20.8. The minimum Gasteiger partial charge on any atom is -0.371 e. The Morgan fingerprint density at radius 2 is 2.03 bits per heavy atom. The second-order valence-corrected chi connectivity index (χ2v) is 11.5. The topological polar surface area (TPSA) is 94.6 Å². The monoisotopic (exact) mass is 478 g/mol. The van der Waals surface area contributed by atoms with Crippen LogP contribution in [0.3, 0.4) is 0 Å². The molecule has 1 aromatic heterocycles. The highest BCUT2D eigenvalue weighted by Gasteiger charge is 2.38. The molecule has 0 bridgehead atoms. The Kier molecular flexibility index (Phi) is 4.85. The van der Waals surface area contributed by atoms with Gasteiger partial charge >= 0.3 is 0 Å². The minimum atomic E-state index is -4.43. The van der Waals surface area contributed by atoms with Crippen LogP contribution in [-0.4, -0.2) is 31.0 Å². The number of benzene rings is 2. The van der Waals surface area contributed by atoms with Crippen LogP contribution < -0.4 is 15.8 Å². The van der Waals surface area contributed by atoms with Crippen molar-refractivity contribution in [3.8, 4) is 0 Å². The van der Waals surface area contributed by atoms with E-state index in [1.807, 2.05) is 18.2 Å². The quantitative estimate of drug-likeness (QED) is 0.356. The number of nitrogens with zero attached hydrogens (tertiary/aromatic N) is 2. The number of anilines is 3. The fourth-order valence-corrected chi connectivity index (χ4v) is 6.60. The molecule has 2 aliphatic rings. The summed E-state index contributed by atoms with van der Waals surface area (Å²) >= 11 is 7.47. The summed E-state index contributed by atoms with van der Waals surface area (Å²) in [7, 11) is -4.43. The van der Waals surface area contributed by atoms with Gasteiger partial charge in [-0.3, -0.25) is 15.4 Å². The molecule has 0 atom stereocenters. The van der Waals surface area contributed by atoms with Gasteiger partial charge in [0.15, 0.2) is 0 Å². The zero-order chi connectivity index (χ0) is 22.0. The molecule has 7 nitrogen and oxygen atoms in total. The molecule has 0 spiro atoms. The van der Waals surface area contributed by atoms with Crippen LogP contribution >= 0.6 is 22.9 Å². The van der Waals surface area contributed by atoms with E-state index in [0.717, 1.165) is 47.4 Å². The summed E-state index contributed by atoms with van der Waals surface area (Å²) in [5.74, 6) is 0. The van der Waals surface area contributed by atoms with Crippen LogP contribution in [0.5, 0.6) is 0 Å². The SMILES string of the molecule is CC1(C)CCN2CCCc3c2c1cc(NNc1nc2ccc(Cl)cc2s1)c3S(=O)(=O)O. The van der Waals surface area contributed by atoms with Crippen molar-refractivity contribution in [3.63, 3.8) is 0 Å². The highest BCUT2D eigenvalue weighted by atomic mass is 35.5. The Hall–Kier alpha value is -2.07. The molecule has 3 aromatic rings. The summed E-state index contributed by atoms with van der Waals surface area (Å²) in [5, 5.41) is 1.20. The molecule has 0 amide bonds. The van der Waals surface area contributed by atoms with Crippen molar-refractivity contribution in [1.82, 2.24) is 4.98 Å². The molecule has 0 radical (unpaired) electrons. The summed E-state index contributed by atoms with van der Waals surface area (Å²) in [5.41, 5.74) is 9.84. The molecule has 2 aliphatic heterocycles. The average Bonchev–Trinajstić information content (AvgIpc) is 3.10. The van der Waals surface area contributed by atoms with Crippen LogP contribution in [0.2, 0.25) is 5.02 Å². The molecular weight excluding hydrogens is 456 g/mol. The number of nitrogens with one attached hydrogen (secondary N) is 2. The van der Waals surface area contributed by atoms with E-state index in [0.29, 0.717) is 27.8 Å². The lowest BCUT2D eigenvalue weighted by Crippen LogP contribution is -2.41. The zero-order valence-corrected chi connectivity index (χ0v) is 19.6. The lowest BCUT2D eigenvalue weighted by atomic mass is 9.75. The third-order valence-corrected chi connectivity index (χ3v) is 8.32. The van der Waals surface area contributed by atoms with Crippen molar-refractivity contribution < 1.29 is 13.0 Å². The number of hydrazine groups is 1. The summed E-state index contributed by atoms with van der Waals surface area (Å²) in [6, 6.07) is 7.31. The number of rotatable bonds is 4. The number of fused-ring (bicyclic) bond motifs is 1. The second kappa shape index (κ2) is 7.23. The van der Waals surface area contributed by atoms with Crippen molar-refractivity contribution in [3.05, 3.63) is 40.4 Å². The number of aromatic nitrogens is 1. The van der Waals surface area contributed by atoms with Gasteiger partial charge in [-0.15, -0.1) is 0 Å². The Morgan fingerprint density at radius 3 is 2.81 bits per heavy atom. The van der Waals surface area contributed by atoms with Gasteiger partial charge in [0.25, 0.3) is 10.1 Å². The molecule has 0 unspecified atom stereocenters. The maximum Gasteiger partial charge on any atom is 0.297 e. The largest absolute Gasteiger partial charge is 0.371 e. The van der Waals surface area contributed by atoms with Gasteiger partial charge in [0.1, 0.15) is 4.90 Å². The summed E-state index contributed by atoms with van der Waals surface area (Å²) < 4.78 is 35.9. The van der Waals surface area contributed by atoms with E-state index in [9.17, 15) is 13.0 Å². The normalized spacial score (nSPS) is 17.5. The number of thiazole rings is 1. The van der Waals surface area contributed by atoms with E-state index in [1.165, 1.54) is 11.3 Å². The third-order valence-electron chi connectivity index (χ3n) is 6.17. The minimum absolute atomic E-state index is 0.0506. The molecule has 31 heavy (non-hydrogen) atoms. The third kappa shape index (κ3) is 3.63.